The van der Waals surface area contributed by atoms with Crippen molar-refractivity contribution in [3.63, 3.8) is 0 Å². The van der Waals surface area contributed by atoms with Gasteiger partial charge in [0, 0.05) is 18.8 Å². The van der Waals surface area contributed by atoms with Crippen molar-refractivity contribution in [3.05, 3.63) is 59.1 Å². The third-order valence-corrected chi connectivity index (χ3v) is 7.17. The molecule has 1 N–H and O–H groups in total. The second-order valence-electron chi connectivity index (χ2n) is 7.01. The summed E-state index contributed by atoms with van der Waals surface area (Å²) in [6.45, 7) is 2.28. The Kier molecular flexibility index (Phi) is 7.12. The predicted octanol–water partition coefficient (Wildman–Crippen LogP) is 3.70. The summed E-state index contributed by atoms with van der Waals surface area (Å²) in [5.41, 5.74) is 0.584. The SMILES string of the molecule is C[C@@H](OC(=O)c1ccc(Cl)c(S(=O)(=O)N2CCCCC2)c1)C(=O)Nc1ccccc1. The van der Waals surface area contributed by atoms with E-state index in [1.807, 2.05) is 6.07 Å². The number of para-hydroxylation sites is 1. The average Bonchev–Trinajstić information content (AvgIpc) is 2.75. The number of nitrogens with zero attached hydrogens (tertiary/aromatic N) is 1. The van der Waals surface area contributed by atoms with E-state index in [1.165, 1.54) is 29.4 Å². The Labute approximate surface area is 181 Å². The number of rotatable bonds is 6. The maximum atomic E-state index is 12.9. The van der Waals surface area contributed by atoms with Crippen molar-refractivity contribution < 1.29 is 22.7 Å². The van der Waals surface area contributed by atoms with Crippen molar-refractivity contribution in [2.75, 3.05) is 18.4 Å². The Morgan fingerprint density at radius 3 is 2.40 bits per heavy atom. The summed E-state index contributed by atoms with van der Waals surface area (Å²) in [6, 6.07) is 12.7. The van der Waals surface area contributed by atoms with Gasteiger partial charge in [-0.1, -0.05) is 36.2 Å². The molecule has 0 unspecified atom stereocenters. The molecule has 0 spiro atoms. The fourth-order valence-corrected chi connectivity index (χ4v) is 5.14. The molecule has 1 heterocycles. The zero-order chi connectivity index (χ0) is 21.7. The van der Waals surface area contributed by atoms with Gasteiger partial charge in [0.15, 0.2) is 6.10 Å². The minimum atomic E-state index is -3.82. The molecule has 2 aromatic carbocycles. The third-order valence-electron chi connectivity index (χ3n) is 4.79. The number of sulfonamides is 1. The van der Waals surface area contributed by atoms with Crippen LogP contribution in [0, 0.1) is 0 Å². The van der Waals surface area contributed by atoms with Crippen LogP contribution in [0.1, 0.15) is 36.5 Å². The molecule has 0 radical (unpaired) electrons. The molecule has 1 fully saturated rings. The van der Waals surface area contributed by atoms with E-state index in [-0.39, 0.29) is 15.5 Å². The molecular formula is C21H23ClN2O5S. The van der Waals surface area contributed by atoms with Gasteiger partial charge < -0.3 is 10.1 Å². The maximum Gasteiger partial charge on any atom is 0.338 e. The summed E-state index contributed by atoms with van der Waals surface area (Å²) >= 11 is 6.13. The van der Waals surface area contributed by atoms with Crippen molar-refractivity contribution in [1.82, 2.24) is 4.31 Å². The minimum Gasteiger partial charge on any atom is -0.449 e. The van der Waals surface area contributed by atoms with Gasteiger partial charge in [0.05, 0.1) is 10.6 Å². The summed E-state index contributed by atoms with van der Waals surface area (Å²) in [6.07, 6.45) is 1.48. The Morgan fingerprint density at radius 1 is 1.07 bits per heavy atom. The zero-order valence-electron chi connectivity index (χ0n) is 16.5. The normalized spacial score (nSPS) is 15.9. The van der Waals surface area contributed by atoms with E-state index >= 15 is 0 Å². The van der Waals surface area contributed by atoms with Gasteiger partial charge in [-0.05, 0) is 50.1 Å². The highest BCUT2D eigenvalue weighted by Crippen LogP contribution is 2.28. The smallest absolute Gasteiger partial charge is 0.338 e. The number of halogens is 1. The number of benzene rings is 2. The molecular weight excluding hydrogens is 428 g/mol. The Hall–Kier alpha value is -2.42. The molecule has 0 saturated carbocycles. The van der Waals surface area contributed by atoms with Crippen LogP contribution in [-0.2, 0) is 19.6 Å². The molecule has 1 aliphatic rings. The van der Waals surface area contributed by atoms with Crippen LogP contribution in [0.25, 0.3) is 0 Å². The van der Waals surface area contributed by atoms with E-state index in [2.05, 4.69) is 5.32 Å². The molecule has 2 aromatic rings. The van der Waals surface area contributed by atoms with E-state index in [1.54, 1.807) is 24.3 Å². The van der Waals surface area contributed by atoms with E-state index in [4.69, 9.17) is 16.3 Å². The van der Waals surface area contributed by atoms with Crippen LogP contribution >= 0.6 is 11.6 Å². The molecule has 3 rings (SSSR count). The lowest BCUT2D eigenvalue weighted by Crippen LogP contribution is -2.36. The molecule has 1 aliphatic heterocycles. The van der Waals surface area contributed by atoms with Gasteiger partial charge in [0.25, 0.3) is 5.91 Å². The lowest BCUT2D eigenvalue weighted by Gasteiger charge is -2.26. The van der Waals surface area contributed by atoms with E-state index < -0.39 is 28.0 Å². The van der Waals surface area contributed by atoms with Crippen LogP contribution < -0.4 is 5.32 Å². The summed E-state index contributed by atoms with van der Waals surface area (Å²) in [5.74, 6) is -1.30. The number of hydrogen-bond donors (Lipinski definition) is 1. The molecule has 1 amide bonds. The van der Waals surface area contributed by atoms with E-state index in [0.29, 0.717) is 18.8 Å². The number of anilines is 1. The van der Waals surface area contributed by atoms with Crippen molar-refractivity contribution >= 4 is 39.2 Å². The highest BCUT2D eigenvalue weighted by molar-refractivity contribution is 7.89. The fraction of sp³-hybridized carbons (Fsp3) is 0.333. The summed E-state index contributed by atoms with van der Waals surface area (Å²) < 4.78 is 32.5. The molecule has 0 bridgehead atoms. The highest BCUT2D eigenvalue weighted by atomic mass is 35.5. The van der Waals surface area contributed by atoms with Gasteiger partial charge in [0.2, 0.25) is 10.0 Å². The topological polar surface area (TPSA) is 92.8 Å². The number of ether oxygens (including phenoxy) is 1. The van der Waals surface area contributed by atoms with Gasteiger partial charge in [-0.3, -0.25) is 4.79 Å². The number of nitrogens with one attached hydrogen (secondary N) is 1. The number of carbonyl (C=O) groups is 2. The Balaban J connectivity index is 1.73. The van der Waals surface area contributed by atoms with Crippen LogP contribution in [-0.4, -0.2) is 43.8 Å². The maximum absolute atomic E-state index is 12.9. The first-order chi connectivity index (χ1) is 14.3. The van der Waals surface area contributed by atoms with Gasteiger partial charge in [-0.15, -0.1) is 0 Å². The lowest BCUT2D eigenvalue weighted by atomic mass is 10.2. The number of amides is 1. The van der Waals surface area contributed by atoms with Crippen molar-refractivity contribution in [3.8, 4) is 0 Å². The monoisotopic (exact) mass is 450 g/mol. The second-order valence-corrected chi connectivity index (χ2v) is 9.33. The summed E-state index contributed by atoms with van der Waals surface area (Å²) in [7, 11) is -3.82. The van der Waals surface area contributed by atoms with Crippen LogP contribution in [0.15, 0.2) is 53.4 Å². The Morgan fingerprint density at radius 2 is 1.73 bits per heavy atom. The largest absolute Gasteiger partial charge is 0.449 e. The van der Waals surface area contributed by atoms with E-state index in [9.17, 15) is 18.0 Å². The number of hydrogen-bond acceptors (Lipinski definition) is 5. The molecule has 1 atom stereocenters. The number of piperidine rings is 1. The van der Waals surface area contributed by atoms with Crippen LogP contribution in [0.2, 0.25) is 5.02 Å². The third kappa shape index (κ3) is 5.19. The first-order valence-electron chi connectivity index (χ1n) is 9.65. The molecule has 30 heavy (non-hydrogen) atoms. The van der Waals surface area contributed by atoms with Gasteiger partial charge in [-0.25, -0.2) is 13.2 Å². The van der Waals surface area contributed by atoms with Crippen LogP contribution in [0.4, 0.5) is 5.69 Å². The van der Waals surface area contributed by atoms with Gasteiger partial charge in [-0.2, -0.15) is 4.31 Å². The molecule has 9 heteroatoms. The summed E-state index contributed by atoms with van der Waals surface area (Å²) in [4.78, 5) is 24.6. The standard InChI is InChI=1S/C21H23ClN2O5S/c1-15(20(25)23-17-8-4-2-5-9-17)29-21(26)16-10-11-18(22)19(14-16)30(27,28)24-12-6-3-7-13-24/h2,4-5,8-11,14-15H,3,6-7,12-13H2,1H3,(H,23,25)/t15-/m1/s1. The number of carbonyl (C=O) groups excluding carboxylic acids is 2. The first kappa shape index (κ1) is 22.3. The van der Waals surface area contributed by atoms with E-state index in [0.717, 1.165) is 19.3 Å². The van der Waals surface area contributed by atoms with Crippen molar-refractivity contribution in [2.24, 2.45) is 0 Å². The molecule has 1 saturated heterocycles. The quantitative estimate of drug-likeness (QED) is 0.677. The molecule has 160 valence electrons. The number of esters is 1. The fourth-order valence-electron chi connectivity index (χ4n) is 3.12. The first-order valence-corrected chi connectivity index (χ1v) is 11.5. The summed E-state index contributed by atoms with van der Waals surface area (Å²) in [5, 5.41) is 2.68. The van der Waals surface area contributed by atoms with Crippen molar-refractivity contribution in [2.45, 2.75) is 37.2 Å². The van der Waals surface area contributed by atoms with Gasteiger partial charge >= 0.3 is 5.97 Å². The highest BCUT2D eigenvalue weighted by Gasteiger charge is 2.29. The molecule has 0 aliphatic carbocycles. The van der Waals surface area contributed by atoms with Crippen LogP contribution in [0.3, 0.4) is 0 Å². The average molecular weight is 451 g/mol. The minimum absolute atomic E-state index is 0.00865. The van der Waals surface area contributed by atoms with Gasteiger partial charge in [0.1, 0.15) is 4.90 Å². The Bertz CT molecular complexity index is 1020. The molecule has 0 aromatic heterocycles. The van der Waals surface area contributed by atoms with Crippen molar-refractivity contribution in [1.29, 1.82) is 0 Å². The lowest BCUT2D eigenvalue weighted by molar-refractivity contribution is -0.123. The predicted molar refractivity (Wildman–Crippen MR) is 114 cm³/mol. The zero-order valence-corrected chi connectivity index (χ0v) is 18.1. The second kappa shape index (κ2) is 9.59. The molecule has 7 nitrogen and oxygen atoms in total. The van der Waals surface area contributed by atoms with Crippen LogP contribution in [0.5, 0.6) is 0 Å².